The second-order valence-corrected chi connectivity index (χ2v) is 11.7. The van der Waals surface area contributed by atoms with Crippen LogP contribution in [0.15, 0.2) is 75.3 Å². The van der Waals surface area contributed by atoms with E-state index in [1.54, 1.807) is 61.7 Å². The third-order valence-electron chi connectivity index (χ3n) is 4.69. The topological polar surface area (TPSA) is 105 Å². The number of carbonyl (C=O) groups is 2. The van der Waals surface area contributed by atoms with Gasteiger partial charge in [0.1, 0.15) is 15.2 Å². The number of carbonyl (C=O) groups excluding carboxylic acids is 2. The van der Waals surface area contributed by atoms with E-state index in [2.05, 4.69) is 9.71 Å². The van der Waals surface area contributed by atoms with E-state index >= 15 is 0 Å². The van der Waals surface area contributed by atoms with E-state index in [4.69, 9.17) is 16.3 Å². The van der Waals surface area contributed by atoms with E-state index in [0.29, 0.717) is 21.5 Å². The predicted octanol–water partition coefficient (Wildman–Crippen LogP) is 4.63. The number of nitrogens with one attached hydrogen (secondary N) is 1. The van der Waals surface area contributed by atoms with Crippen LogP contribution in [0.25, 0.3) is 0 Å². The normalized spacial score (nSPS) is 17.2. The van der Waals surface area contributed by atoms with Crippen molar-refractivity contribution in [3.63, 3.8) is 0 Å². The molecule has 1 aliphatic heterocycles. The van der Waals surface area contributed by atoms with Crippen molar-refractivity contribution >= 4 is 73.1 Å². The average Bonchev–Trinajstić information content (AvgIpc) is 3.38. The summed E-state index contributed by atoms with van der Waals surface area (Å²) in [4.78, 5) is 27.1. The van der Waals surface area contributed by atoms with Gasteiger partial charge >= 0.3 is 0 Å². The number of methoxy groups -OCH3 is 1. The number of hydrogen-bond acceptors (Lipinski definition) is 7. The van der Waals surface area contributed by atoms with Crippen LogP contribution in [-0.4, -0.2) is 37.8 Å². The van der Waals surface area contributed by atoms with Crippen molar-refractivity contribution in [2.24, 2.45) is 4.40 Å². The summed E-state index contributed by atoms with van der Waals surface area (Å²) in [5, 5.41) is 1.86. The maximum absolute atomic E-state index is 13.2. The van der Waals surface area contributed by atoms with Crippen LogP contribution in [0.1, 0.15) is 6.42 Å². The van der Waals surface area contributed by atoms with Crippen molar-refractivity contribution in [2.75, 3.05) is 17.3 Å². The first-order chi connectivity index (χ1) is 16.3. The highest BCUT2D eigenvalue weighted by Gasteiger charge is 2.41. The van der Waals surface area contributed by atoms with Crippen LogP contribution in [0.3, 0.4) is 0 Å². The summed E-state index contributed by atoms with van der Waals surface area (Å²) in [5.74, 6) is -0.176. The van der Waals surface area contributed by atoms with Gasteiger partial charge in [0.25, 0.3) is 10.0 Å². The Hall–Kier alpha value is -2.86. The first-order valence-electron chi connectivity index (χ1n) is 9.87. The van der Waals surface area contributed by atoms with Crippen LogP contribution in [0.5, 0.6) is 5.75 Å². The molecule has 1 fully saturated rings. The van der Waals surface area contributed by atoms with Gasteiger partial charge in [-0.3, -0.25) is 14.5 Å². The number of thioether (sulfide) groups is 1. The minimum atomic E-state index is -4.10. The second kappa shape index (κ2) is 10.2. The van der Waals surface area contributed by atoms with Gasteiger partial charge < -0.3 is 10.1 Å². The summed E-state index contributed by atoms with van der Waals surface area (Å²) < 4.78 is 35.0. The van der Waals surface area contributed by atoms with Gasteiger partial charge in [-0.05, 0) is 48.5 Å². The number of thiophene rings is 1. The molecule has 8 nitrogen and oxygen atoms in total. The average molecular weight is 536 g/mol. The maximum Gasteiger partial charge on any atom is 0.294 e. The number of amides is 2. The molecular formula is C22H18ClN3O5S3. The number of hydrogen-bond donors (Lipinski definition) is 1. The molecular weight excluding hydrogens is 518 g/mol. The van der Waals surface area contributed by atoms with Gasteiger partial charge in [-0.25, -0.2) is 0 Å². The Morgan fingerprint density at radius 1 is 1.12 bits per heavy atom. The van der Waals surface area contributed by atoms with E-state index in [0.717, 1.165) is 23.1 Å². The molecule has 1 aromatic heterocycles. The summed E-state index contributed by atoms with van der Waals surface area (Å²) >= 11 is 7.69. The zero-order valence-corrected chi connectivity index (χ0v) is 20.9. The van der Waals surface area contributed by atoms with E-state index in [1.807, 2.05) is 0 Å². The molecule has 2 heterocycles. The molecule has 1 unspecified atom stereocenters. The highest BCUT2D eigenvalue weighted by atomic mass is 35.5. The SMILES string of the molecule is COc1ccc(NC(=O)CC2S/C(=N/S(=O)(=O)c3ccc(Cl)s3)N(c3ccccc3)C2=O)cc1. The molecule has 0 radical (unpaired) electrons. The lowest BCUT2D eigenvalue weighted by Gasteiger charge is -2.16. The Bertz CT molecular complexity index is 1340. The Morgan fingerprint density at radius 2 is 1.82 bits per heavy atom. The van der Waals surface area contributed by atoms with E-state index in [9.17, 15) is 18.0 Å². The number of para-hydroxylation sites is 1. The van der Waals surface area contributed by atoms with Crippen LogP contribution in [-0.2, 0) is 19.6 Å². The number of benzene rings is 2. The minimum absolute atomic E-state index is 0.0250. The molecule has 0 aliphatic carbocycles. The van der Waals surface area contributed by atoms with Gasteiger partial charge in [0, 0.05) is 12.1 Å². The van der Waals surface area contributed by atoms with Crippen LogP contribution in [0.2, 0.25) is 4.34 Å². The van der Waals surface area contributed by atoms with E-state index in [-0.39, 0.29) is 15.8 Å². The van der Waals surface area contributed by atoms with Gasteiger partial charge in [-0.1, -0.05) is 41.6 Å². The molecule has 3 aromatic rings. The summed E-state index contributed by atoms with van der Waals surface area (Å²) in [6.45, 7) is 0. The number of ether oxygens (including phenoxy) is 1. The second-order valence-electron chi connectivity index (χ2n) is 7.00. The van der Waals surface area contributed by atoms with E-state index in [1.165, 1.54) is 17.0 Å². The zero-order valence-electron chi connectivity index (χ0n) is 17.7. The molecule has 1 atom stereocenters. The summed E-state index contributed by atoms with van der Waals surface area (Å²) in [5.41, 5.74) is 1.00. The van der Waals surface area contributed by atoms with Crippen molar-refractivity contribution in [1.82, 2.24) is 0 Å². The number of rotatable bonds is 7. The predicted molar refractivity (Wildman–Crippen MR) is 135 cm³/mol. The summed E-state index contributed by atoms with van der Waals surface area (Å²) in [7, 11) is -2.56. The van der Waals surface area contributed by atoms with Gasteiger partial charge in [0.15, 0.2) is 5.17 Å². The van der Waals surface area contributed by atoms with Crippen molar-refractivity contribution in [2.45, 2.75) is 15.9 Å². The Kier molecular flexibility index (Phi) is 7.27. The third kappa shape index (κ3) is 5.44. The Balaban J connectivity index is 1.58. The zero-order chi connectivity index (χ0) is 24.3. The van der Waals surface area contributed by atoms with Crippen LogP contribution in [0.4, 0.5) is 11.4 Å². The monoisotopic (exact) mass is 535 g/mol. The van der Waals surface area contributed by atoms with Crippen molar-refractivity contribution in [1.29, 1.82) is 0 Å². The lowest BCUT2D eigenvalue weighted by molar-refractivity contribution is -0.121. The summed E-state index contributed by atoms with van der Waals surface area (Å²) in [6, 6.07) is 18.2. The molecule has 1 saturated heterocycles. The molecule has 0 bridgehead atoms. The van der Waals surface area contributed by atoms with Gasteiger partial charge in [-0.2, -0.15) is 8.42 Å². The molecule has 176 valence electrons. The fraction of sp³-hybridized carbons (Fsp3) is 0.136. The lowest BCUT2D eigenvalue weighted by atomic mass is 10.2. The molecule has 0 saturated carbocycles. The fourth-order valence-corrected chi connectivity index (χ4v) is 6.91. The van der Waals surface area contributed by atoms with Crippen LogP contribution < -0.4 is 15.0 Å². The molecule has 1 N–H and O–H groups in total. The first kappa shape index (κ1) is 24.3. The summed E-state index contributed by atoms with van der Waals surface area (Å²) in [6.07, 6.45) is -0.164. The van der Waals surface area contributed by atoms with Gasteiger partial charge in [0.05, 0.1) is 17.1 Å². The first-order valence-corrected chi connectivity index (χ1v) is 13.4. The third-order valence-corrected chi connectivity index (χ3v) is 8.91. The number of sulfonamides is 1. The molecule has 34 heavy (non-hydrogen) atoms. The van der Waals surface area contributed by atoms with E-state index < -0.39 is 27.1 Å². The largest absolute Gasteiger partial charge is 0.497 e. The van der Waals surface area contributed by atoms with Gasteiger partial charge in [-0.15, -0.1) is 15.7 Å². The molecule has 12 heteroatoms. The fourth-order valence-electron chi connectivity index (χ4n) is 3.11. The molecule has 0 spiro atoms. The Labute approximate surface area is 209 Å². The van der Waals surface area contributed by atoms with Gasteiger partial charge in [0.2, 0.25) is 11.8 Å². The molecule has 1 aliphatic rings. The number of anilines is 2. The van der Waals surface area contributed by atoms with Crippen molar-refractivity contribution in [3.05, 3.63) is 71.1 Å². The maximum atomic E-state index is 13.2. The highest BCUT2D eigenvalue weighted by Crippen LogP contribution is 2.36. The van der Waals surface area contributed by atoms with Crippen LogP contribution >= 0.6 is 34.7 Å². The van der Waals surface area contributed by atoms with Crippen molar-refractivity contribution in [3.8, 4) is 5.75 Å². The number of halogens is 1. The quantitative estimate of drug-likeness (QED) is 0.473. The molecule has 2 aromatic carbocycles. The van der Waals surface area contributed by atoms with Crippen molar-refractivity contribution < 1.29 is 22.7 Å². The standard InChI is InChI=1S/C22H18ClN3O5S3/c1-31-16-9-7-14(8-10-16)24-19(27)13-17-21(28)26(15-5-3-2-4-6-15)22(32-17)25-34(29,30)20-12-11-18(23)33-20/h2-12,17H,13H2,1H3,(H,24,27)/b25-22+. The number of nitrogens with zero attached hydrogens (tertiary/aromatic N) is 2. The molecule has 2 amide bonds. The highest BCUT2D eigenvalue weighted by molar-refractivity contribution is 8.16. The lowest BCUT2D eigenvalue weighted by Crippen LogP contribution is -2.33. The smallest absolute Gasteiger partial charge is 0.294 e. The molecule has 4 rings (SSSR count). The van der Waals surface area contributed by atoms with Crippen LogP contribution in [0, 0.1) is 0 Å². The number of amidine groups is 1. The Morgan fingerprint density at radius 3 is 2.44 bits per heavy atom. The minimum Gasteiger partial charge on any atom is -0.497 e.